The number of carbonyl (C=O) groups excluding carboxylic acids is 1. The van der Waals surface area contributed by atoms with Crippen LogP contribution in [0.3, 0.4) is 0 Å². The van der Waals surface area contributed by atoms with Crippen molar-refractivity contribution in [3.8, 4) is 11.3 Å². The first-order valence-electron chi connectivity index (χ1n) is 9.54. The molecule has 3 heterocycles. The molecule has 1 aromatic carbocycles. The van der Waals surface area contributed by atoms with Crippen LogP contribution in [-0.2, 0) is 11.3 Å². The molecule has 1 aliphatic heterocycles. The number of amides is 1. The Morgan fingerprint density at radius 2 is 1.86 bits per heavy atom. The van der Waals surface area contributed by atoms with E-state index in [-0.39, 0.29) is 12.5 Å². The summed E-state index contributed by atoms with van der Waals surface area (Å²) in [5.41, 5.74) is 1.08. The van der Waals surface area contributed by atoms with E-state index in [1.165, 1.54) is 0 Å². The average molecular weight is 390 g/mol. The number of hydrogen-bond donors (Lipinski definition) is 2. The molecule has 1 fully saturated rings. The van der Waals surface area contributed by atoms with Crippen molar-refractivity contribution in [1.29, 1.82) is 0 Å². The number of aliphatic hydroxyl groups is 1. The highest BCUT2D eigenvalue weighted by molar-refractivity contribution is 5.85. The van der Waals surface area contributed by atoms with E-state index >= 15 is 0 Å². The van der Waals surface area contributed by atoms with Gasteiger partial charge in [-0.05, 0) is 12.1 Å². The summed E-state index contributed by atoms with van der Waals surface area (Å²) in [6.07, 6.45) is 5.37. The van der Waals surface area contributed by atoms with E-state index in [4.69, 9.17) is 0 Å². The number of carbonyl (C=O) groups is 1. The zero-order valence-electron chi connectivity index (χ0n) is 15.9. The lowest BCUT2D eigenvalue weighted by Gasteiger charge is -2.37. The lowest BCUT2D eigenvalue weighted by Crippen LogP contribution is -2.53. The van der Waals surface area contributed by atoms with Crippen LogP contribution in [0.4, 0.5) is 5.82 Å². The Kier molecular flexibility index (Phi) is 5.44. The third-order valence-corrected chi connectivity index (χ3v) is 5.10. The van der Waals surface area contributed by atoms with Crippen LogP contribution in [0, 0.1) is 0 Å². The fourth-order valence-electron chi connectivity index (χ4n) is 3.35. The zero-order chi connectivity index (χ0) is 20.1. The molecule has 148 valence electrons. The summed E-state index contributed by atoms with van der Waals surface area (Å²) in [5.74, 6) is 0.361. The van der Waals surface area contributed by atoms with Gasteiger partial charge in [-0.1, -0.05) is 30.3 Å². The second-order valence-corrected chi connectivity index (χ2v) is 7.04. The fraction of sp³-hybridized carbons (Fsp3) is 0.286. The molecule has 0 radical (unpaired) electrons. The average Bonchev–Trinajstić information content (AvgIpc) is 2.79. The second-order valence-electron chi connectivity index (χ2n) is 7.04. The molecule has 4 rings (SSSR count). The minimum absolute atomic E-state index is 0.241. The summed E-state index contributed by atoms with van der Waals surface area (Å²) in [4.78, 5) is 22.6. The van der Waals surface area contributed by atoms with Gasteiger partial charge in [-0.3, -0.25) is 14.8 Å². The Morgan fingerprint density at radius 3 is 2.52 bits per heavy atom. The van der Waals surface area contributed by atoms with Gasteiger partial charge in [0.1, 0.15) is 5.60 Å². The van der Waals surface area contributed by atoms with Crippen LogP contribution in [0.25, 0.3) is 11.3 Å². The van der Waals surface area contributed by atoms with Gasteiger partial charge in [0, 0.05) is 43.9 Å². The summed E-state index contributed by atoms with van der Waals surface area (Å²) in [6.45, 7) is 1.29. The Hall–Kier alpha value is -3.39. The topological polar surface area (TPSA) is 104 Å². The minimum atomic E-state index is -1.39. The number of nitrogens with zero attached hydrogens (tertiary/aromatic N) is 5. The van der Waals surface area contributed by atoms with E-state index in [9.17, 15) is 9.90 Å². The Morgan fingerprint density at radius 1 is 1.07 bits per heavy atom. The summed E-state index contributed by atoms with van der Waals surface area (Å²) in [7, 11) is 0. The van der Waals surface area contributed by atoms with Crippen molar-refractivity contribution in [1.82, 2.24) is 25.5 Å². The zero-order valence-corrected chi connectivity index (χ0v) is 15.9. The van der Waals surface area contributed by atoms with Crippen molar-refractivity contribution in [2.45, 2.75) is 25.0 Å². The van der Waals surface area contributed by atoms with Crippen LogP contribution in [0.15, 0.2) is 61.1 Å². The maximum atomic E-state index is 12.5. The molecule has 1 aliphatic rings. The van der Waals surface area contributed by atoms with E-state index in [0.717, 1.165) is 17.1 Å². The molecule has 8 heteroatoms. The molecule has 2 aromatic heterocycles. The molecular formula is C21H22N6O2. The second kappa shape index (κ2) is 8.32. The van der Waals surface area contributed by atoms with E-state index in [1.807, 2.05) is 47.4 Å². The molecule has 0 saturated carbocycles. The van der Waals surface area contributed by atoms with E-state index in [0.29, 0.717) is 31.6 Å². The van der Waals surface area contributed by atoms with E-state index in [1.54, 1.807) is 18.6 Å². The van der Waals surface area contributed by atoms with Crippen LogP contribution in [0.1, 0.15) is 18.5 Å². The SMILES string of the molecule is O=C(NCc1cnccn1)C1(O)CCN(c2ccc(-c3ccccc3)nn2)CC1. The van der Waals surface area contributed by atoms with Gasteiger partial charge in [0.15, 0.2) is 5.82 Å². The number of hydrogen-bond acceptors (Lipinski definition) is 7. The standard InChI is InChI=1S/C21H22N6O2/c28-20(24-15-17-14-22-10-11-23-17)21(29)8-12-27(13-9-21)19-7-6-18(25-26-19)16-4-2-1-3-5-16/h1-7,10-11,14,29H,8-9,12-13,15H2,(H,24,28). The van der Waals surface area contributed by atoms with Crippen molar-refractivity contribution >= 4 is 11.7 Å². The first-order chi connectivity index (χ1) is 14.1. The van der Waals surface area contributed by atoms with Gasteiger partial charge < -0.3 is 15.3 Å². The highest BCUT2D eigenvalue weighted by atomic mass is 16.3. The largest absolute Gasteiger partial charge is 0.380 e. The van der Waals surface area contributed by atoms with Gasteiger partial charge >= 0.3 is 0 Å². The Bertz CT molecular complexity index is 942. The highest BCUT2D eigenvalue weighted by Crippen LogP contribution is 2.26. The molecular weight excluding hydrogens is 368 g/mol. The number of nitrogens with one attached hydrogen (secondary N) is 1. The van der Waals surface area contributed by atoms with Gasteiger partial charge in [-0.2, -0.15) is 0 Å². The molecule has 0 bridgehead atoms. The number of piperidine rings is 1. The molecule has 3 aromatic rings. The molecule has 29 heavy (non-hydrogen) atoms. The van der Waals surface area contributed by atoms with E-state index in [2.05, 4.69) is 25.5 Å². The molecule has 0 unspecified atom stereocenters. The van der Waals surface area contributed by atoms with Gasteiger partial charge in [-0.15, -0.1) is 10.2 Å². The van der Waals surface area contributed by atoms with Gasteiger partial charge in [-0.25, -0.2) is 0 Å². The minimum Gasteiger partial charge on any atom is -0.380 e. The maximum absolute atomic E-state index is 12.5. The van der Waals surface area contributed by atoms with Crippen molar-refractivity contribution in [2.75, 3.05) is 18.0 Å². The molecule has 2 N–H and O–H groups in total. The first kappa shape index (κ1) is 18.9. The quantitative estimate of drug-likeness (QED) is 0.682. The number of rotatable bonds is 5. The lowest BCUT2D eigenvalue weighted by atomic mass is 9.90. The molecule has 1 saturated heterocycles. The summed E-state index contributed by atoms with van der Waals surface area (Å²) >= 11 is 0. The summed E-state index contributed by atoms with van der Waals surface area (Å²) < 4.78 is 0. The van der Waals surface area contributed by atoms with Crippen molar-refractivity contribution in [3.63, 3.8) is 0 Å². The summed E-state index contributed by atoms with van der Waals surface area (Å²) in [5, 5.41) is 22.2. The smallest absolute Gasteiger partial charge is 0.252 e. The predicted octanol–water partition coefficient (Wildman–Crippen LogP) is 1.58. The van der Waals surface area contributed by atoms with Crippen LogP contribution < -0.4 is 10.2 Å². The Balaban J connectivity index is 1.34. The van der Waals surface area contributed by atoms with Gasteiger partial charge in [0.2, 0.25) is 0 Å². The summed E-state index contributed by atoms with van der Waals surface area (Å²) in [6, 6.07) is 13.7. The lowest BCUT2D eigenvalue weighted by molar-refractivity contribution is -0.142. The predicted molar refractivity (Wildman–Crippen MR) is 108 cm³/mol. The molecule has 8 nitrogen and oxygen atoms in total. The van der Waals surface area contributed by atoms with Crippen molar-refractivity contribution < 1.29 is 9.90 Å². The third-order valence-electron chi connectivity index (χ3n) is 5.10. The Labute approximate surface area is 168 Å². The first-order valence-corrected chi connectivity index (χ1v) is 9.54. The number of benzene rings is 1. The fourth-order valence-corrected chi connectivity index (χ4v) is 3.35. The van der Waals surface area contributed by atoms with Crippen molar-refractivity contribution in [2.24, 2.45) is 0 Å². The monoisotopic (exact) mass is 390 g/mol. The van der Waals surface area contributed by atoms with E-state index < -0.39 is 5.60 Å². The molecule has 0 spiro atoms. The van der Waals surface area contributed by atoms with Crippen LogP contribution in [-0.4, -0.2) is 49.9 Å². The highest BCUT2D eigenvalue weighted by Gasteiger charge is 2.39. The molecule has 0 aliphatic carbocycles. The van der Waals surface area contributed by atoms with Crippen molar-refractivity contribution in [3.05, 3.63) is 66.7 Å². The normalized spacial score (nSPS) is 15.7. The van der Waals surface area contributed by atoms with Crippen LogP contribution in [0.5, 0.6) is 0 Å². The number of anilines is 1. The van der Waals surface area contributed by atoms with Gasteiger partial charge in [0.05, 0.1) is 24.1 Å². The third kappa shape index (κ3) is 4.38. The van der Waals surface area contributed by atoms with Crippen LogP contribution in [0.2, 0.25) is 0 Å². The molecule has 0 atom stereocenters. The van der Waals surface area contributed by atoms with Gasteiger partial charge in [0.25, 0.3) is 5.91 Å². The van der Waals surface area contributed by atoms with Crippen LogP contribution >= 0.6 is 0 Å². The molecule has 1 amide bonds. The number of aromatic nitrogens is 4. The maximum Gasteiger partial charge on any atom is 0.252 e.